The van der Waals surface area contributed by atoms with Crippen molar-refractivity contribution in [3.63, 3.8) is 0 Å². The molecular formula is C10H14F7NO. The van der Waals surface area contributed by atoms with Crippen molar-refractivity contribution in [2.75, 3.05) is 6.54 Å². The molecule has 0 heterocycles. The number of nitrogens with one attached hydrogen (secondary N) is 1. The van der Waals surface area contributed by atoms with Crippen molar-refractivity contribution in [1.29, 1.82) is 0 Å². The van der Waals surface area contributed by atoms with Crippen LogP contribution < -0.4 is 5.32 Å². The van der Waals surface area contributed by atoms with Crippen LogP contribution in [-0.4, -0.2) is 30.5 Å². The van der Waals surface area contributed by atoms with Gasteiger partial charge in [-0.25, -0.2) is 0 Å². The number of carbonyl (C=O) groups excluding carboxylic acids is 1. The van der Waals surface area contributed by atoms with Crippen LogP contribution in [0.15, 0.2) is 0 Å². The van der Waals surface area contributed by atoms with Gasteiger partial charge in [0.05, 0.1) is 0 Å². The molecule has 9 heteroatoms. The average molecular weight is 297 g/mol. The molecule has 0 spiro atoms. The van der Waals surface area contributed by atoms with E-state index in [1.807, 2.05) is 6.92 Å². The Morgan fingerprint density at radius 1 is 0.947 bits per heavy atom. The summed E-state index contributed by atoms with van der Waals surface area (Å²) in [5.41, 5.74) is 0. The maximum atomic E-state index is 12.8. The van der Waals surface area contributed by atoms with Crippen LogP contribution >= 0.6 is 0 Å². The van der Waals surface area contributed by atoms with Crippen LogP contribution in [0.2, 0.25) is 0 Å². The lowest BCUT2D eigenvalue weighted by molar-refractivity contribution is -0.344. The fourth-order valence-corrected chi connectivity index (χ4v) is 1.19. The van der Waals surface area contributed by atoms with Crippen molar-refractivity contribution < 1.29 is 35.5 Å². The smallest absolute Gasteiger partial charge is 0.351 e. The van der Waals surface area contributed by atoms with E-state index < -0.39 is 23.9 Å². The highest BCUT2D eigenvalue weighted by atomic mass is 19.4. The highest BCUT2D eigenvalue weighted by molar-refractivity contribution is 5.84. The van der Waals surface area contributed by atoms with E-state index in [1.54, 1.807) is 0 Å². The predicted molar refractivity (Wildman–Crippen MR) is 53.1 cm³/mol. The molecule has 0 unspecified atom stereocenters. The third-order valence-electron chi connectivity index (χ3n) is 2.35. The number of alkyl halides is 7. The Kier molecular flexibility index (Phi) is 6.08. The Hall–Kier alpha value is -1.02. The second-order valence-corrected chi connectivity index (χ2v) is 3.96. The molecule has 0 fully saturated rings. The van der Waals surface area contributed by atoms with Crippen LogP contribution in [0.5, 0.6) is 0 Å². The Morgan fingerprint density at radius 2 is 1.47 bits per heavy atom. The summed E-state index contributed by atoms with van der Waals surface area (Å²) in [6, 6.07) is 0. The lowest BCUT2D eigenvalue weighted by atomic mass is 10.1. The zero-order valence-corrected chi connectivity index (χ0v) is 10.1. The lowest BCUT2D eigenvalue weighted by Gasteiger charge is -2.27. The molecule has 0 saturated carbocycles. The molecule has 0 atom stereocenters. The molecule has 1 amide bonds. The highest BCUT2D eigenvalue weighted by Gasteiger charge is 2.76. The van der Waals surface area contributed by atoms with Gasteiger partial charge >= 0.3 is 18.0 Å². The topological polar surface area (TPSA) is 29.1 Å². The number of rotatable bonds is 7. The highest BCUT2D eigenvalue weighted by Crippen LogP contribution is 2.46. The summed E-state index contributed by atoms with van der Waals surface area (Å²) in [7, 11) is 0. The van der Waals surface area contributed by atoms with E-state index in [4.69, 9.17) is 0 Å². The minimum absolute atomic E-state index is 0.229. The number of hydrogen-bond donors (Lipinski definition) is 1. The molecular weight excluding hydrogens is 283 g/mol. The fraction of sp³-hybridized carbons (Fsp3) is 0.900. The Bertz CT molecular complexity index is 301. The average Bonchev–Trinajstić information content (AvgIpc) is 2.26. The number of unbranched alkanes of at least 4 members (excludes halogenated alkanes) is 3. The minimum Gasteiger partial charge on any atom is -0.351 e. The van der Waals surface area contributed by atoms with Crippen LogP contribution in [0.25, 0.3) is 0 Å². The molecule has 0 aromatic carbocycles. The van der Waals surface area contributed by atoms with E-state index in [2.05, 4.69) is 0 Å². The van der Waals surface area contributed by atoms with E-state index in [-0.39, 0.29) is 13.0 Å². The molecule has 0 bridgehead atoms. The quantitative estimate of drug-likeness (QED) is 0.565. The number of carbonyl (C=O) groups is 1. The Labute approximate surface area is 105 Å². The minimum atomic E-state index is -6.49. The van der Waals surface area contributed by atoms with Gasteiger partial charge in [0.15, 0.2) is 0 Å². The normalized spacial score (nSPS) is 13.5. The summed E-state index contributed by atoms with van der Waals surface area (Å²) in [5.74, 6) is -14.8. The second kappa shape index (κ2) is 6.42. The summed E-state index contributed by atoms with van der Waals surface area (Å²) >= 11 is 0. The van der Waals surface area contributed by atoms with Crippen LogP contribution in [0, 0.1) is 0 Å². The summed E-state index contributed by atoms with van der Waals surface area (Å²) in [6.45, 7) is 1.49. The largest absolute Gasteiger partial charge is 0.460 e. The van der Waals surface area contributed by atoms with Gasteiger partial charge in [-0.2, -0.15) is 30.7 Å². The number of hydrogen-bond acceptors (Lipinski definition) is 1. The molecule has 0 rings (SSSR count). The standard InChI is InChI=1S/C10H14F7NO/c1-2-3-4-5-6-18-7(19)8(11,12)9(13,14)10(15,16)17/h2-6H2,1H3,(H,18,19). The molecule has 114 valence electrons. The molecule has 1 N–H and O–H groups in total. The van der Waals surface area contributed by atoms with Crippen molar-refractivity contribution in [3.8, 4) is 0 Å². The fourth-order valence-electron chi connectivity index (χ4n) is 1.19. The summed E-state index contributed by atoms with van der Waals surface area (Å²) in [6.07, 6.45) is -4.15. The molecule has 0 aliphatic carbocycles. The van der Waals surface area contributed by atoms with Crippen molar-refractivity contribution in [1.82, 2.24) is 5.32 Å². The maximum Gasteiger partial charge on any atom is 0.460 e. The maximum absolute atomic E-state index is 12.8. The van der Waals surface area contributed by atoms with E-state index in [1.165, 1.54) is 5.32 Å². The number of halogens is 7. The second-order valence-electron chi connectivity index (χ2n) is 3.96. The third kappa shape index (κ3) is 4.24. The molecule has 0 aliphatic heterocycles. The monoisotopic (exact) mass is 297 g/mol. The predicted octanol–water partition coefficient (Wildman–Crippen LogP) is 3.52. The zero-order valence-electron chi connectivity index (χ0n) is 10.1. The van der Waals surface area contributed by atoms with Crippen LogP contribution in [0.4, 0.5) is 30.7 Å². The summed E-state index contributed by atoms with van der Waals surface area (Å²) in [5, 5.41) is 1.39. The van der Waals surface area contributed by atoms with Gasteiger partial charge in [0, 0.05) is 6.54 Å². The van der Waals surface area contributed by atoms with Crippen molar-refractivity contribution in [2.24, 2.45) is 0 Å². The molecule has 0 radical (unpaired) electrons. The lowest BCUT2D eigenvalue weighted by Crippen LogP contribution is -2.59. The van der Waals surface area contributed by atoms with Crippen molar-refractivity contribution in [2.45, 2.75) is 50.6 Å². The van der Waals surface area contributed by atoms with Gasteiger partial charge < -0.3 is 5.32 Å². The van der Waals surface area contributed by atoms with Crippen molar-refractivity contribution in [3.05, 3.63) is 0 Å². The SMILES string of the molecule is CCCCCCNC(=O)C(F)(F)C(F)(F)C(F)(F)F. The van der Waals surface area contributed by atoms with Crippen LogP contribution in [0.3, 0.4) is 0 Å². The van der Waals surface area contributed by atoms with Crippen LogP contribution in [-0.2, 0) is 4.79 Å². The summed E-state index contributed by atoms with van der Waals surface area (Å²) in [4.78, 5) is 10.7. The van der Waals surface area contributed by atoms with Gasteiger partial charge in [-0.3, -0.25) is 4.79 Å². The molecule has 2 nitrogen and oxygen atoms in total. The third-order valence-corrected chi connectivity index (χ3v) is 2.35. The first kappa shape index (κ1) is 18.0. The van der Waals surface area contributed by atoms with E-state index >= 15 is 0 Å². The molecule has 0 saturated heterocycles. The number of amides is 1. The molecule has 0 aliphatic rings. The van der Waals surface area contributed by atoms with E-state index in [0.717, 1.165) is 12.8 Å². The van der Waals surface area contributed by atoms with Gasteiger partial charge in [0.2, 0.25) is 0 Å². The van der Waals surface area contributed by atoms with Gasteiger partial charge in [-0.05, 0) is 6.42 Å². The molecule has 0 aromatic rings. The van der Waals surface area contributed by atoms with E-state index in [9.17, 15) is 35.5 Å². The first-order valence-corrected chi connectivity index (χ1v) is 5.59. The van der Waals surface area contributed by atoms with E-state index in [0.29, 0.717) is 6.42 Å². The van der Waals surface area contributed by atoms with Gasteiger partial charge in [0.25, 0.3) is 5.91 Å². The Balaban J connectivity index is 4.52. The van der Waals surface area contributed by atoms with Crippen molar-refractivity contribution >= 4 is 5.91 Å². The first-order chi connectivity index (χ1) is 8.48. The van der Waals surface area contributed by atoms with Crippen LogP contribution in [0.1, 0.15) is 32.6 Å². The van der Waals surface area contributed by atoms with Gasteiger partial charge in [0.1, 0.15) is 0 Å². The van der Waals surface area contributed by atoms with Gasteiger partial charge in [-0.1, -0.05) is 26.2 Å². The summed E-state index contributed by atoms with van der Waals surface area (Å²) < 4.78 is 85.8. The zero-order chi connectivity index (χ0) is 15.3. The van der Waals surface area contributed by atoms with Gasteiger partial charge in [-0.15, -0.1) is 0 Å². The first-order valence-electron chi connectivity index (χ1n) is 5.59. The molecule has 0 aromatic heterocycles. The molecule has 19 heavy (non-hydrogen) atoms. The Morgan fingerprint density at radius 3 is 1.89 bits per heavy atom.